The SMILES string of the molecule is CC(=O)ONC(C)(C)c1cc(F)c(N)c(Br)c1. The molecule has 1 aromatic carbocycles. The lowest BCUT2D eigenvalue weighted by Crippen LogP contribution is -2.37. The van der Waals surface area contributed by atoms with Gasteiger partial charge in [-0.3, -0.25) is 4.79 Å². The average Bonchev–Trinajstić information content (AvgIpc) is 2.22. The second-order valence-electron chi connectivity index (χ2n) is 4.17. The molecule has 0 aliphatic heterocycles. The number of nitrogen functional groups attached to an aromatic ring is 1. The normalized spacial score (nSPS) is 11.4. The molecule has 6 heteroatoms. The second-order valence-corrected chi connectivity index (χ2v) is 5.03. The van der Waals surface area contributed by atoms with E-state index in [4.69, 9.17) is 10.6 Å². The van der Waals surface area contributed by atoms with Crippen LogP contribution in [0.4, 0.5) is 10.1 Å². The summed E-state index contributed by atoms with van der Waals surface area (Å²) in [6.45, 7) is 4.79. The molecule has 0 heterocycles. The first-order chi connectivity index (χ1) is 7.74. The summed E-state index contributed by atoms with van der Waals surface area (Å²) in [7, 11) is 0. The largest absolute Gasteiger partial charge is 0.395 e. The lowest BCUT2D eigenvalue weighted by molar-refractivity contribution is -0.153. The molecular formula is C11H14BrFN2O2. The number of hydrogen-bond acceptors (Lipinski definition) is 4. The van der Waals surface area contributed by atoms with Crippen molar-refractivity contribution in [3.63, 3.8) is 0 Å². The molecule has 0 spiro atoms. The number of nitrogens with two attached hydrogens (primary N) is 1. The molecular weight excluding hydrogens is 291 g/mol. The number of hydroxylamine groups is 1. The first-order valence-corrected chi connectivity index (χ1v) is 5.73. The van der Waals surface area contributed by atoms with Gasteiger partial charge in [0.15, 0.2) is 0 Å². The highest BCUT2D eigenvalue weighted by Crippen LogP contribution is 2.29. The summed E-state index contributed by atoms with van der Waals surface area (Å²) in [5, 5.41) is 0. The Morgan fingerprint density at radius 2 is 2.12 bits per heavy atom. The van der Waals surface area contributed by atoms with Crippen molar-refractivity contribution >= 4 is 27.6 Å². The topological polar surface area (TPSA) is 64.3 Å². The van der Waals surface area contributed by atoms with Crippen LogP contribution in [-0.4, -0.2) is 5.97 Å². The molecule has 0 bridgehead atoms. The maximum atomic E-state index is 13.5. The minimum atomic E-state index is -0.720. The number of carbonyl (C=O) groups is 1. The van der Waals surface area contributed by atoms with Gasteiger partial charge in [-0.1, -0.05) is 0 Å². The molecule has 17 heavy (non-hydrogen) atoms. The van der Waals surface area contributed by atoms with Crippen LogP contribution in [0, 0.1) is 5.82 Å². The molecule has 1 rings (SSSR count). The quantitative estimate of drug-likeness (QED) is 0.665. The van der Waals surface area contributed by atoms with Crippen molar-refractivity contribution in [2.75, 3.05) is 5.73 Å². The van der Waals surface area contributed by atoms with E-state index in [1.807, 2.05) is 0 Å². The molecule has 0 amide bonds. The summed E-state index contributed by atoms with van der Waals surface area (Å²) in [5.74, 6) is -0.986. The van der Waals surface area contributed by atoms with E-state index in [1.165, 1.54) is 13.0 Å². The van der Waals surface area contributed by atoms with E-state index in [-0.39, 0.29) is 5.69 Å². The van der Waals surface area contributed by atoms with Gasteiger partial charge in [-0.2, -0.15) is 0 Å². The summed E-state index contributed by atoms with van der Waals surface area (Å²) < 4.78 is 13.9. The van der Waals surface area contributed by atoms with Crippen LogP contribution in [0.2, 0.25) is 0 Å². The molecule has 3 N–H and O–H groups in total. The number of anilines is 1. The van der Waals surface area contributed by atoms with Gasteiger partial charge in [-0.05, 0) is 47.5 Å². The molecule has 0 unspecified atom stereocenters. The molecule has 0 saturated heterocycles. The maximum absolute atomic E-state index is 13.5. The Hall–Kier alpha value is -1.14. The predicted octanol–water partition coefficient (Wildman–Crippen LogP) is 2.47. The van der Waals surface area contributed by atoms with Gasteiger partial charge in [0.2, 0.25) is 0 Å². The van der Waals surface area contributed by atoms with E-state index in [2.05, 4.69) is 21.4 Å². The average molecular weight is 305 g/mol. The minimum absolute atomic E-state index is 0.0528. The molecule has 0 aliphatic carbocycles. The van der Waals surface area contributed by atoms with Gasteiger partial charge >= 0.3 is 5.97 Å². The van der Waals surface area contributed by atoms with Crippen molar-refractivity contribution in [3.8, 4) is 0 Å². The molecule has 0 aliphatic rings. The third kappa shape index (κ3) is 3.41. The van der Waals surface area contributed by atoms with Crippen molar-refractivity contribution < 1.29 is 14.0 Å². The highest BCUT2D eigenvalue weighted by molar-refractivity contribution is 9.10. The van der Waals surface area contributed by atoms with Crippen LogP contribution in [-0.2, 0) is 15.2 Å². The Morgan fingerprint density at radius 1 is 1.53 bits per heavy atom. The lowest BCUT2D eigenvalue weighted by atomic mass is 9.95. The maximum Gasteiger partial charge on any atom is 0.321 e. The highest BCUT2D eigenvalue weighted by atomic mass is 79.9. The van der Waals surface area contributed by atoms with Gasteiger partial charge in [0.1, 0.15) is 5.82 Å². The number of hydrogen-bond donors (Lipinski definition) is 2. The molecule has 0 fully saturated rings. The smallest absolute Gasteiger partial charge is 0.321 e. The molecule has 4 nitrogen and oxygen atoms in total. The van der Waals surface area contributed by atoms with Crippen molar-refractivity contribution in [1.29, 1.82) is 0 Å². The van der Waals surface area contributed by atoms with E-state index >= 15 is 0 Å². The van der Waals surface area contributed by atoms with Crippen molar-refractivity contribution in [1.82, 2.24) is 5.48 Å². The fraction of sp³-hybridized carbons (Fsp3) is 0.364. The first kappa shape index (κ1) is 13.9. The highest BCUT2D eigenvalue weighted by Gasteiger charge is 2.24. The Morgan fingerprint density at radius 3 is 2.59 bits per heavy atom. The predicted molar refractivity (Wildman–Crippen MR) is 66.4 cm³/mol. The second kappa shape index (κ2) is 5.01. The van der Waals surface area contributed by atoms with E-state index < -0.39 is 17.3 Å². The fourth-order valence-electron chi connectivity index (χ4n) is 1.20. The number of nitrogens with one attached hydrogen (secondary N) is 1. The minimum Gasteiger partial charge on any atom is -0.395 e. The van der Waals surface area contributed by atoms with E-state index in [0.29, 0.717) is 10.0 Å². The number of benzene rings is 1. The molecule has 0 aromatic heterocycles. The van der Waals surface area contributed by atoms with Crippen molar-refractivity contribution in [2.45, 2.75) is 26.3 Å². The first-order valence-electron chi connectivity index (χ1n) is 4.93. The van der Waals surface area contributed by atoms with Crippen molar-refractivity contribution in [3.05, 3.63) is 28.0 Å². The van der Waals surface area contributed by atoms with Crippen LogP contribution in [0.15, 0.2) is 16.6 Å². The molecule has 1 aromatic rings. The third-order valence-electron chi connectivity index (χ3n) is 2.25. The van der Waals surface area contributed by atoms with Crippen molar-refractivity contribution in [2.24, 2.45) is 0 Å². The summed E-state index contributed by atoms with van der Waals surface area (Å²) >= 11 is 3.17. The van der Waals surface area contributed by atoms with Crippen LogP contribution < -0.4 is 11.2 Å². The van der Waals surface area contributed by atoms with Gasteiger partial charge in [0, 0.05) is 11.4 Å². The Balaban J connectivity index is 3.02. The van der Waals surface area contributed by atoms with E-state index in [1.54, 1.807) is 19.9 Å². The monoisotopic (exact) mass is 304 g/mol. The van der Waals surface area contributed by atoms with Gasteiger partial charge in [0.25, 0.3) is 0 Å². The van der Waals surface area contributed by atoms with E-state index in [9.17, 15) is 9.18 Å². The van der Waals surface area contributed by atoms with Crippen LogP contribution in [0.1, 0.15) is 26.3 Å². The zero-order chi connectivity index (χ0) is 13.2. The lowest BCUT2D eigenvalue weighted by Gasteiger charge is -2.26. The summed E-state index contributed by atoms with van der Waals surface area (Å²) in [5.41, 5.74) is 8.00. The number of halogens is 2. The molecule has 0 atom stereocenters. The molecule has 0 radical (unpaired) electrons. The Bertz CT molecular complexity index is 426. The molecule has 0 saturated carbocycles. The number of carbonyl (C=O) groups excluding carboxylic acids is 1. The van der Waals surface area contributed by atoms with Gasteiger partial charge in [-0.25, -0.2) is 4.39 Å². The van der Waals surface area contributed by atoms with Crippen LogP contribution in [0.5, 0.6) is 0 Å². The van der Waals surface area contributed by atoms with Crippen LogP contribution in [0.25, 0.3) is 0 Å². The van der Waals surface area contributed by atoms with Crippen LogP contribution >= 0.6 is 15.9 Å². The zero-order valence-electron chi connectivity index (χ0n) is 9.80. The number of rotatable bonds is 3. The summed E-state index contributed by atoms with van der Waals surface area (Å²) in [4.78, 5) is 15.4. The third-order valence-corrected chi connectivity index (χ3v) is 2.91. The van der Waals surface area contributed by atoms with E-state index in [0.717, 1.165) is 0 Å². The molecule has 94 valence electrons. The fourth-order valence-corrected chi connectivity index (χ4v) is 1.64. The zero-order valence-corrected chi connectivity index (χ0v) is 11.4. The summed E-state index contributed by atoms with van der Waals surface area (Å²) in [6, 6.07) is 2.98. The van der Waals surface area contributed by atoms with Gasteiger partial charge < -0.3 is 10.6 Å². The standard InChI is InChI=1S/C11H14BrFN2O2/c1-6(16)17-15-11(2,3)7-4-8(12)10(14)9(13)5-7/h4-5,15H,14H2,1-3H3. The van der Waals surface area contributed by atoms with Crippen LogP contribution in [0.3, 0.4) is 0 Å². The van der Waals surface area contributed by atoms with Gasteiger partial charge in [0.05, 0.1) is 11.2 Å². The summed E-state index contributed by atoms with van der Waals surface area (Å²) in [6.07, 6.45) is 0. The Labute approximate surface area is 107 Å². The van der Waals surface area contributed by atoms with Gasteiger partial charge in [-0.15, -0.1) is 5.48 Å². The Kier molecular flexibility index (Phi) is 4.11.